The Balaban J connectivity index is 0.00000729. The maximum Gasteiger partial charge on any atom is 0.407 e. The SMILES string of the molecule is CCCC(CNC(=NC)N(C)CCC1CCOCC1)NC(=O)OC(C)(C)C.I. The third-order valence-electron chi connectivity index (χ3n) is 4.65. The zero-order valence-electron chi connectivity index (χ0n) is 18.5. The highest BCUT2D eigenvalue weighted by atomic mass is 127. The fourth-order valence-corrected chi connectivity index (χ4v) is 3.16. The van der Waals surface area contributed by atoms with Gasteiger partial charge in [-0.15, -0.1) is 24.0 Å². The summed E-state index contributed by atoms with van der Waals surface area (Å²) in [5.41, 5.74) is -0.491. The fraction of sp³-hybridized carbons (Fsp3) is 0.900. The van der Waals surface area contributed by atoms with Gasteiger partial charge in [-0.25, -0.2) is 4.79 Å². The molecular weight excluding hydrogens is 471 g/mol. The summed E-state index contributed by atoms with van der Waals surface area (Å²) in [4.78, 5) is 18.6. The Bertz CT molecular complexity index is 463. The smallest absolute Gasteiger partial charge is 0.407 e. The second kappa shape index (κ2) is 14.3. The van der Waals surface area contributed by atoms with Crippen molar-refractivity contribution >= 4 is 36.0 Å². The van der Waals surface area contributed by atoms with Gasteiger partial charge in [0.05, 0.1) is 0 Å². The number of amides is 1. The first kappa shape index (κ1) is 27.2. The third kappa shape index (κ3) is 11.9. The minimum Gasteiger partial charge on any atom is -0.444 e. The van der Waals surface area contributed by atoms with Gasteiger partial charge in [0, 0.05) is 46.4 Å². The van der Waals surface area contributed by atoms with E-state index in [0.717, 1.165) is 63.7 Å². The molecule has 1 heterocycles. The van der Waals surface area contributed by atoms with E-state index in [1.807, 2.05) is 20.8 Å². The molecule has 0 aromatic carbocycles. The van der Waals surface area contributed by atoms with E-state index in [9.17, 15) is 4.79 Å². The summed E-state index contributed by atoms with van der Waals surface area (Å²) in [7, 11) is 3.86. The molecule has 1 rings (SSSR count). The van der Waals surface area contributed by atoms with E-state index in [1.165, 1.54) is 0 Å². The van der Waals surface area contributed by atoms with Crippen LogP contribution in [-0.4, -0.2) is 69.0 Å². The zero-order chi connectivity index (χ0) is 20.3. The lowest BCUT2D eigenvalue weighted by Gasteiger charge is -2.28. The molecule has 2 N–H and O–H groups in total. The third-order valence-corrected chi connectivity index (χ3v) is 4.65. The van der Waals surface area contributed by atoms with Crippen molar-refractivity contribution in [2.75, 3.05) is 40.4 Å². The van der Waals surface area contributed by atoms with Crippen molar-refractivity contribution < 1.29 is 14.3 Å². The van der Waals surface area contributed by atoms with Crippen molar-refractivity contribution in [3.63, 3.8) is 0 Å². The predicted molar refractivity (Wildman–Crippen MR) is 126 cm³/mol. The zero-order valence-corrected chi connectivity index (χ0v) is 20.9. The number of hydrogen-bond donors (Lipinski definition) is 2. The molecule has 1 amide bonds. The van der Waals surface area contributed by atoms with Crippen LogP contribution in [-0.2, 0) is 9.47 Å². The highest BCUT2D eigenvalue weighted by molar-refractivity contribution is 14.0. The van der Waals surface area contributed by atoms with Crippen molar-refractivity contribution in [3.05, 3.63) is 0 Å². The number of rotatable bonds is 8. The van der Waals surface area contributed by atoms with E-state index in [-0.39, 0.29) is 36.1 Å². The number of hydrogen-bond acceptors (Lipinski definition) is 4. The minimum atomic E-state index is -0.491. The summed E-state index contributed by atoms with van der Waals surface area (Å²) >= 11 is 0. The van der Waals surface area contributed by atoms with Gasteiger partial charge in [0.25, 0.3) is 0 Å². The van der Waals surface area contributed by atoms with Crippen LogP contribution in [0, 0.1) is 5.92 Å². The number of halogens is 1. The van der Waals surface area contributed by atoms with Crippen LogP contribution in [0.4, 0.5) is 4.79 Å². The first-order valence-corrected chi connectivity index (χ1v) is 10.2. The van der Waals surface area contributed by atoms with Crippen LogP contribution in [0.3, 0.4) is 0 Å². The van der Waals surface area contributed by atoms with E-state index in [0.29, 0.717) is 6.54 Å². The molecule has 0 bridgehead atoms. The van der Waals surface area contributed by atoms with Crippen LogP contribution in [0.1, 0.15) is 59.8 Å². The molecule has 28 heavy (non-hydrogen) atoms. The molecule has 0 aliphatic carbocycles. The Labute approximate surface area is 188 Å². The van der Waals surface area contributed by atoms with Crippen molar-refractivity contribution in [2.24, 2.45) is 10.9 Å². The number of alkyl carbamates (subject to hydrolysis) is 1. The predicted octanol–water partition coefficient (Wildman–Crippen LogP) is 3.62. The lowest BCUT2D eigenvalue weighted by Crippen LogP contribution is -2.48. The minimum absolute atomic E-state index is 0. The summed E-state index contributed by atoms with van der Waals surface area (Å²) < 4.78 is 10.8. The molecule has 0 aromatic rings. The second-order valence-electron chi connectivity index (χ2n) is 8.33. The number of aliphatic imine (C=N–C) groups is 1. The van der Waals surface area contributed by atoms with Crippen LogP contribution in [0.15, 0.2) is 4.99 Å². The van der Waals surface area contributed by atoms with Gasteiger partial charge in [-0.1, -0.05) is 13.3 Å². The average Bonchev–Trinajstić information content (AvgIpc) is 2.59. The number of carbonyl (C=O) groups is 1. The molecule has 0 radical (unpaired) electrons. The largest absolute Gasteiger partial charge is 0.444 e. The van der Waals surface area contributed by atoms with E-state index in [1.54, 1.807) is 7.05 Å². The molecule has 1 fully saturated rings. The van der Waals surface area contributed by atoms with Crippen LogP contribution in [0.5, 0.6) is 0 Å². The fourth-order valence-electron chi connectivity index (χ4n) is 3.16. The first-order valence-electron chi connectivity index (χ1n) is 10.2. The van der Waals surface area contributed by atoms with Crippen molar-refractivity contribution in [1.29, 1.82) is 0 Å². The standard InChI is InChI=1S/C20H40N4O3.HI/c1-7-8-17(23-19(25)27-20(2,3)4)15-22-18(21-5)24(6)12-9-16-10-13-26-14-11-16;/h16-17H,7-15H2,1-6H3,(H,21,22)(H,23,25);1H. The molecule has 0 saturated carbocycles. The lowest BCUT2D eigenvalue weighted by atomic mass is 9.96. The summed E-state index contributed by atoms with van der Waals surface area (Å²) in [5.74, 6) is 1.59. The monoisotopic (exact) mass is 512 g/mol. The maximum absolute atomic E-state index is 12.1. The van der Waals surface area contributed by atoms with Gasteiger partial charge >= 0.3 is 6.09 Å². The van der Waals surface area contributed by atoms with Crippen LogP contribution < -0.4 is 10.6 Å². The molecule has 7 nitrogen and oxygen atoms in total. The van der Waals surface area contributed by atoms with E-state index >= 15 is 0 Å². The number of carbonyl (C=O) groups excluding carboxylic acids is 1. The first-order chi connectivity index (χ1) is 12.7. The number of nitrogens with zero attached hydrogens (tertiary/aromatic N) is 2. The van der Waals surface area contributed by atoms with Gasteiger partial charge in [-0.3, -0.25) is 4.99 Å². The van der Waals surface area contributed by atoms with Crippen LogP contribution in [0.2, 0.25) is 0 Å². The number of nitrogens with one attached hydrogen (secondary N) is 2. The van der Waals surface area contributed by atoms with Crippen LogP contribution in [0.25, 0.3) is 0 Å². The maximum atomic E-state index is 12.1. The van der Waals surface area contributed by atoms with Gasteiger partial charge in [0.15, 0.2) is 5.96 Å². The van der Waals surface area contributed by atoms with Gasteiger partial charge in [-0.2, -0.15) is 0 Å². The Hall–Kier alpha value is -0.770. The van der Waals surface area contributed by atoms with Crippen molar-refractivity contribution in [1.82, 2.24) is 15.5 Å². The van der Waals surface area contributed by atoms with Gasteiger partial charge in [0.1, 0.15) is 5.60 Å². The molecule has 1 saturated heterocycles. The Morgan fingerprint density at radius 1 is 1.32 bits per heavy atom. The van der Waals surface area contributed by atoms with Crippen molar-refractivity contribution in [2.45, 2.75) is 71.4 Å². The van der Waals surface area contributed by atoms with E-state index in [4.69, 9.17) is 9.47 Å². The topological polar surface area (TPSA) is 75.2 Å². The Morgan fingerprint density at radius 3 is 2.50 bits per heavy atom. The summed E-state index contributed by atoms with van der Waals surface area (Å²) in [6.07, 6.45) is 4.95. The summed E-state index contributed by atoms with van der Waals surface area (Å²) in [6, 6.07) is 0.00509. The molecule has 1 aliphatic rings. The summed E-state index contributed by atoms with van der Waals surface area (Å²) in [6.45, 7) is 11.1. The molecule has 1 aliphatic heterocycles. The second-order valence-corrected chi connectivity index (χ2v) is 8.33. The highest BCUT2D eigenvalue weighted by Gasteiger charge is 2.20. The lowest BCUT2D eigenvalue weighted by molar-refractivity contribution is 0.0502. The highest BCUT2D eigenvalue weighted by Crippen LogP contribution is 2.18. The Kier molecular flexibility index (Phi) is 13.9. The van der Waals surface area contributed by atoms with Crippen molar-refractivity contribution in [3.8, 4) is 0 Å². The molecular formula is C20H41IN4O3. The number of ether oxygens (including phenoxy) is 2. The quantitative estimate of drug-likeness (QED) is 0.295. The molecule has 1 atom stereocenters. The molecule has 0 spiro atoms. The van der Waals surface area contributed by atoms with Gasteiger partial charge in [-0.05, 0) is 52.4 Å². The summed E-state index contributed by atoms with van der Waals surface area (Å²) in [5, 5.41) is 6.36. The molecule has 1 unspecified atom stereocenters. The Morgan fingerprint density at radius 2 is 1.96 bits per heavy atom. The normalized spacial score (nSPS) is 16.7. The average molecular weight is 512 g/mol. The molecule has 166 valence electrons. The van der Waals surface area contributed by atoms with Gasteiger partial charge in [0.2, 0.25) is 0 Å². The van der Waals surface area contributed by atoms with E-state index in [2.05, 4.69) is 34.5 Å². The molecule has 0 aromatic heterocycles. The van der Waals surface area contributed by atoms with Gasteiger partial charge < -0.3 is 25.0 Å². The number of guanidine groups is 1. The van der Waals surface area contributed by atoms with Crippen LogP contribution >= 0.6 is 24.0 Å². The molecule has 8 heteroatoms. The van der Waals surface area contributed by atoms with E-state index < -0.39 is 5.60 Å².